The fourth-order valence-corrected chi connectivity index (χ4v) is 1.91. The molecule has 0 saturated carbocycles. The van der Waals surface area contributed by atoms with E-state index in [9.17, 15) is 4.39 Å². The van der Waals surface area contributed by atoms with E-state index < -0.39 is 0 Å². The van der Waals surface area contributed by atoms with Crippen LogP contribution in [0.4, 0.5) is 4.39 Å². The highest BCUT2D eigenvalue weighted by Gasteiger charge is 2.05. The Morgan fingerprint density at radius 2 is 1.74 bits per heavy atom. The fourth-order valence-electron chi connectivity index (χ4n) is 1.91. The maximum Gasteiger partial charge on any atom is 0.128 e. The molecule has 2 aromatic rings. The van der Waals surface area contributed by atoms with Crippen LogP contribution >= 0.6 is 0 Å². The van der Waals surface area contributed by atoms with Gasteiger partial charge in [0.1, 0.15) is 11.6 Å². The highest BCUT2D eigenvalue weighted by Crippen LogP contribution is 2.24. The summed E-state index contributed by atoms with van der Waals surface area (Å²) in [6.07, 6.45) is 0. The van der Waals surface area contributed by atoms with Gasteiger partial charge in [0, 0.05) is 12.1 Å². The van der Waals surface area contributed by atoms with E-state index in [-0.39, 0.29) is 5.82 Å². The first-order valence-electron chi connectivity index (χ1n) is 6.38. The van der Waals surface area contributed by atoms with Crippen LogP contribution < -0.4 is 10.1 Å². The maximum atomic E-state index is 13.9. The maximum absolute atomic E-state index is 13.9. The Hall–Kier alpha value is -1.87. The van der Waals surface area contributed by atoms with Crippen LogP contribution in [0.15, 0.2) is 42.5 Å². The van der Waals surface area contributed by atoms with Gasteiger partial charge in [0.2, 0.25) is 0 Å². The van der Waals surface area contributed by atoms with Crippen molar-refractivity contribution in [1.82, 2.24) is 5.32 Å². The molecule has 0 unspecified atom stereocenters. The van der Waals surface area contributed by atoms with Crippen molar-refractivity contribution in [2.75, 3.05) is 13.7 Å². The molecule has 2 nitrogen and oxygen atoms in total. The molecule has 2 rings (SSSR count). The number of halogens is 1. The number of hydrogen-bond acceptors (Lipinski definition) is 2. The molecule has 0 aliphatic carbocycles. The average Bonchev–Trinajstić information content (AvgIpc) is 2.46. The second-order valence-electron chi connectivity index (χ2n) is 4.32. The number of nitrogens with one attached hydrogen (secondary N) is 1. The Kier molecular flexibility index (Phi) is 4.53. The third-order valence-electron chi connectivity index (χ3n) is 3.04. The normalized spacial score (nSPS) is 10.5. The molecule has 0 atom stereocenters. The van der Waals surface area contributed by atoms with Crippen molar-refractivity contribution in [2.24, 2.45) is 0 Å². The van der Waals surface area contributed by atoms with Gasteiger partial charge in [0.25, 0.3) is 0 Å². The molecule has 0 heterocycles. The van der Waals surface area contributed by atoms with Gasteiger partial charge >= 0.3 is 0 Å². The zero-order valence-electron chi connectivity index (χ0n) is 11.2. The summed E-state index contributed by atoms with van der Waals surface area (Å²) in [6, 6.07) is 13.0. The van der Waals surface area contributed by atoms with Crippen molar-refractivity contribution < 1.29 is 9.13 Å². The molecule has 3 heteroatoms. The number of hydrogen-bond donors (Lipinski definition) is 1. The predicted molar refractivity (Wildman–Crippen MR) is 75.8 cm³/mol. The summed E-state index contributed by atoms with van der Waals surface area (Å²) in [5.41, 5.74) is 2.55. The van der Waals surface area contributed by atoms with Crippen molar-refractivity contribution in [3.8, 4) is 16.9 Å². The predicted octanol–water partition coefficient (Wildman–Crippen LogP) is 3.61. The minimum atomic E-state index is -0.172. The quantitative estimate of drug-likeness (QED) is 0.885. The molecule has 100 valence electrons. The van der Waals surface area contributed by atoms with Gasteiger partial charge in [0.05, 0.1) is 7.11 Å². The zero-order chi connectivity index (χ0) is 13.7. The van der Waals surface area contributed by atoms with Gasteiger partial charge in [-0.1, -0.05) is 31.2 Å². The zero-order valence-corrected chi connectivity index (χ0v) is 11.2. The molecule has 0 aliphatic rings. The van der Waals surface area contributed by atoms with E-state index in [0.717, 1.165) is 23.4 Å². The van der Waals surface area contributed by atoms with Crippen molar-refractivity contribution in [2.45, 2.75) is 13.5 Å². The molecule has 0 spiro atoms. The van der Waals surface area contributed by atoms with Crippen LogP contribution in [0.1, 0.15) is 12.5 Å². The van der Waals surface area contributed by atoms with Gasteiger partial charge in [-0.25, -0.2) is 4.39 Å². The summed E-state index contributed by atoms with van der Waals surface area (Å²) in [5.74, 6) is 0.627. The molecule has 2 aromatic carbocycles. The molecule has 0 aliphatic heterocycles. The number of ether oxygens (including phenoxy) is 1. The first kappa shape index (κ1) is 13.6. The van der Waals surface area contributed by atoms with Crippen molar-refractivity contribution in [3.05, 3.63) is 53.8 Å². The molecule has 19 heavy (non-hydrogen) atoms. The lowest BCUT2D eigenvalue weighted by molar-refractivity contribution is 0.415. The van der Waals surface area contributed by atoms with Crippen LogP contribution in [0.3, 0.4) is 0 Å². The van der Waals surface area contributed by atoms with Gasteiger partial charge in [-0.15, -0.1) is 0 Å². The van der Waals surface area contributed by atoms with E-state index in [1.165, 1.54) is 0 Å². The van der Waals surface area contributed by atoms with Crippen LogP contribution in [0.5, 0.6) is 5.75 Å². The van der Waals surface area contributed by atoms with Crippen molar-refractivity contribution >= 4 is 0 Å². The summed E-state index contributed by atoms with van der Waals surface area (Å²) in [7, 11) is 1.63. The third-order valence-corrected chi connectivity index (χ3v) is 3.04. The first-order chi connectivity index (χ1) is 9.24. The monoisotopic (exact) mass is 259 g/mol. The van der Waals surface area contributed by atoms with Crippen LogP contribution in [-0.2, 0) is 6.54 Å². The van der Waals surface area contributed by atoms with E-state index in [1.54, 1.807) is 13.2 Å². The van der Waals surface area contributed by atoms with Gasteiger partial charge < -0.3 is 10.1 Å². The second kappa shape index (κ2) is 6.34. The number of benzene rings is 2. The molecular weight excluding hydrogens is 241 g/mol. The fraction of sp³-hybridized carbons (Fsp3) is 0.250. The summed E-state index contributed by atoms with van der Waals surface area (Å²) >= 11 is 0. The molecule has 1 N–H and O–H groups in total. The Labute approximate surface area is 113 Å². The minimum absolute atomic E-state index is 0.172. The lowest BCUT2D eigenvalue weighted by Crippen LogP contribution is -2.12. The Morgan fingerprint density at radius 3 is 2.32 bits per heavy atom. The first-order valence-corrected chi connectivity index (χ1v) is 6.38. The highest BCUT2D eigenvalue weighted by atomic mass is 19.1. The molecule has 0 aromatic heterocycles. The molecule has 0 radical (unpaired) electrons. The van der Waals surface area contributed by atoms with Crippen LogP contribution in [0.25, 0.3) is 11.1 Å². The van der Waals surface area contributed by atoms with Crippen molar-refractivity contribution in [3.63, 3.8) is 0 Å². The summed E-state index contributed by atoms with van der Waals surface area (Å²) in [6.45, 7) is 3.40. The second-order valence-corrected chi connectivity index (χ2v) is 4.32. The van der Waals surface area contributed by atoms with Crippen molar-refractivity contribution in [1.29, 1.82) is 0 Å². The van der Waals surface area contributed by atoms with E-state index >= 15 is 0 Å². The van der Waals surface area contributed by atoms with Gasteiger partial charge in [-0.05, 0) is 35.9 Å². The topological polar surface area (TPSA) is 21.3 Å². The van der Waals surface area contributed by atoms with E-state index in [0.29, 0.717) is 12.1 Å². The molecule has 0 saturated heterocycles. The Morgan fingerprint density at radius 1 is 1.05 bits per heavy atom. The number of rotatable bonds is 5. The SMILES string of the molecule is CCNCc1ccc(-c2ccc(OC)cc2)cc1F. The van der Waals surface area contributed by atoms with E-state index in [2.05, 4.69) is 5.32 Å². The van der Waals surface area contributed by atoms with Gasteiger partial charge in [-0.2, -0.15) is 0 Å². The van der Waals surface area contributed by atoms with Gasteiger partial charge in [-0.3, -0.25) is 0 Å². The molecule has 0 amide bonds. The lowest BCUT2D eigenvalue weighted by atomic mass is 10.0. The van der Waals surface area contributed by atoms with Crippen LogP contribution in [0.2, 0.25) is 0 Å². The van der Waals surface area contributed by atoms with Crippen LogP contribution in [0, 0.1) is 5.82 Å². The summed E-state index contributed by atoms with van der Waals surface area (Å²) < 4.78 is 19.0. The molecular formula is C16H18FNO. The molecule has 0 bridgehead atoms. The number of methoxy groups -OCH3 is 1. The summed E-state index contributed by atoms with van der Waals surface area (Å²) in [4.78, 5) is 0. The molecule has 0 fully saturated rings. The smallest absolute Gasteiger partial charge is 0.128 e. The average molecular weight is 259 g/mol. The standard InChI is InChI=1S/C16H18FNO/c1-3-18-11-14-5-4-13(10-16(14)17)12-6-8-15(19-2)9-7-12/h4-10,18H,3,11H2,1-2H3. The van der Waals surface area contributed by atoms with E-state index in [1.807, 2.05) is 43.3 Å². The summed E-state index contributed by atoms with van der Waals surface area (Å²) in [5, 5.41) is 3.12. The third kappa shape index (κ3) is 3.32. The largest absolute Gasteiger partial charge is 0.497 e. The Bertz CT molecular complexity index is 537. The van der Waals surface area contributed by atoms with E-state index in [4.69, 9.17) is 4.74 Å². The lowest BCUT2D eigenvalue weighted by Gasteiger charge is -2.07. The van der Waals surface area contributed by atoms with Gasteiger partial charge in [0.15, 0.2) is 0 Å². The minimum Gasteiger partial charge on any atom is -0.497 e. The highest BCUT2D eigenvalue weighted by molar-refractivity contribution is 5.64. The Balaban J connectivity index is 2.22. The van der Waals surface area contributed by atoms with Crippen LogP contribution in [-0.4, -0.2) is 13.7 Å².